The number of nitrogens with two attached hydrogens (primary N) is 1. The van der Waals surface area contributed by atoms with E-state index in [2.05, 4.69) is 0 Å². The van der Waals surface area contributed by atoms with Gasteiger partial charge in [0.15, 0.2) is 0 Å². The fraction of sp³-hybridized carbons (Fsp3) is 0.382. The number of nitrogens with zero attached hydrogens (tertiary/aromatic N) is 2. The van der Waals surface area contributed by atoms with Crippen LogP contribution in [0.1, 0.15) is 54.2 Å². The van der Waals surface area contributed by atoms with Crippen molar-refractivity contribution in [1.82, 2.24) is 9.80 Å². The number of carbonyl (C=O) groups is 3. The fourth-order valence-electron chi connectivity index (χ4n) is 5.34. The van der Waals surface area contributed by atoms with Gasteiger partial charge in [0.25, 0.3) is 0 Å². The average molecular weight is 572 g/mol. The summed E-state index contributed by atoms with van der Waals surface area (Å²) in [5.74, 6) is -0.212. The molecule has 0 aromatic heterocycles. The molecular weight excluding hydrogens is 530 g/mol. The van der Waals surface area contributed by atoms with Crippen LogP contribution in [0.5, 0.6) is 5.75 Å². The van der Waals surface area contributed by atoms with Crippen LogP contribution >= 0.6 is 0 Å². The normalized spacial score (nSPS) is 15.4. The second-order valence-corrected chi connectivity index (χ2v) is 12.0. The third kappa shape index (κ3) is 7.29. The van der Waals surface area contributed by atoms with Gasteiger partial charge in [-0.15, -0.1) is 0 Å². The van der Waals surface area contributed by atoms with Gasteiger partial charge in [0.1, 0.15) is 30.0 Å². The number of hydrogen-bond acceptors (Lipinski definition) is 5. The van der Waals surface area contributed by atoms with Gasteiger partial charge < -0.3 is 20.1 Å². The highest BCUT2D eigenvalue weighted by atomic mass is 16.6. The van der Waals surface area contributed by atoms with Gasteiger partial charge >= 0.3 is 6.09 Å². The van der Waals surface area contributed by atoms with Crippen molar-refractivity contribution in [3.8, 4) is 5.75 Å². The molecule has 0 bridgehead atoms. The van der Waals surface area contributed by atoms with E-state index in [1.54, 1.807) is 27.8 Å². The molecular formula is C34H41N3O5. The standard InChI is InChI=1S/C34H41N3O5/c1-22-16-27(41-21-24-12-8-7-9-13-24)17-23(2)28(22)19-30(36(6)33(40)42-34(3,4)5)32(39)37-20-26-15-11-10-14-25(26)18-29(37)31(35)38/h7-17,29-30H,18-21H2,1-6H3,(H2,35,38). The Morgan fingerprint density at radius 1 is 0.976 bits per heavy atom. The summed E-state index contributed by atoms with van der Waals surface area (Å²) < 4.78 is 11.7. The van der Waals surface area contributed by atoms with Crippen LogP contribution in [-0.4, -0.2) is 52.4 Å². The van der Waals surface area contributed by atoms with Gasteiger partial charge in [0.2, 0.25) is 11.8 Å². The Bertz CT molecular complexity index is 1420. The van der Waals surface area contributed by atoms with Gasteiger partial charge in [0.05, 0.1) is 0 Å². The highest BCUT2D eigenvalue weighted by Gasteiger charge is 2.40. The number of carbonyl (C=O) groups excluding carboxylic acids is 3. The molecule has 2 unspecified atom stereocenters. The molecule has 3 amide bonds. The minimum Gasteiger partial charge on any atom is -0.489 e. The summed E-state index contributed by atoms with van der Waals surface area (Å²) in [6.07, 6.45) is -0.0625. The maximum atomic E-state index is 14.3. The number of primary amides is 1. The van der Waals surface area contributed by atoms with Crippen LogP contribution in [0.2, 0.25) is 0 Å². The first kappa shape index (κ1) is 30.6. The van der Waals surface area contributed by atoms with Crippen molar-refractivity contribution in [1.29, 1.82) is 0 Å². The van der Waals surface area contributed by atoms with Crippen molar-refractivity contribution in [2.24, 2.45) is 5.73 Å². The zero-order valence-electron chi connectivity index (χ0n) is 25.3. The topological polar surface area (TPSA) is 102 Å². The predicted octanol–water partition coefficient (Wildman–Crippen LogP) is 5.10. The SMILES string of the molecule is Cc1cc(OCc2ccccc2)cc(C)c1CC(C(=O)N1Cc2ccccc2CC1C(N)=O)N(C)C(=O)OC(C)(C)C. The van der Waals surface area contributed by atoms with E-state index in [0.29, 0.717) is 13.0 Å². The smallest absolute Gasteiger partial charge is 0.410 e. The summed E-state index contributed by atoms with van der Waals surface area (Å²) in [5, 5.41) is 0. The first-order valence-corrected chi connectivity index (χ1v) is 14.2. The number of amides is 3. The van der Waals surface area contributed by atoms with Crippen molar-refractivity contribution in [3.63, 3.8) is 0 Å². The Labute approximate surface area is 248 Å². The molecule has 2 N–H and O–H groups in total. The van der Waals surface area contributed by atoms with Crippen molar-refractivity contribution in [2.75, 3.05) is 7.05 Å². The molecule has 1 heterocycles. The largest absolute Gasteiger partial charge is 0.489 e. The van der Waals surface area contributed by atoms with Crippen molar-refractivity contribution >= 4 is 17.9 Å². The van der Waals surface area contributed by atoms with Crippen molar-refractivity contribution < 1.29 is 23.9 Å². The molecule has 0 aliphatic carbocycles. The Hall–Kier alpha value is -4.33. The molecule has 0 radical (unpaired) electrons. The fourth-order valence-corrected chi connectivity index (χ4v) is 5.34. The number of fused-ring (bicyclic) bond motifs is 1. The second-order valence-electron chi connectivity index (χ2n) is 12.0. The lowest BCUT2D eigenvalue weighted by molar-refractivity contribution is -0.144. The third-order valence-corrected chi connectivity index (χ3v) is 7.61. The number of rotatable bonds is 8. The van der Waals surface area contributed by atoms with Gasteiger partial charge in [0, 0.05) is 26.4 Å². The minimum atomic E-state index is -0.930. The summed E-state index contributed by atoms with van der Waals surface area (Å²) in [6, 6.07) is 19.8. The molecule has 8 heteroatoms. The Balaban J connectivity index is 1.65. The molecule has 222 valence electrons. The number of hydrogen-bond donors (Lipinski definition) is 1. The molecule has 1 aliphatic rings. The lowest BCUT2D eigenvalue weighted by Gasteiger charge is -2.39. The van der Waals surface area contributed by atoms with Gasteiger partial charge in [-0.25, -0.2) is 4.79 Å². The van der Waals surface area contributed by atoms with E-state index in [1.807, 2.05) is 80.6 Å². The second kappa shape index (κ2) is 12.7. The lowest BCUT2D eigenvalue weighted by atomic mass is 9.91. The lowest BCUT2D eigenvalue weighted by Crippen LogP contribution is -2.58. The Kier molecular flexibility index (Phi) is 9.24. The van der Waals surface area contributed by atoms with Crippen LogP contribution in [0.3, 0.4) is 0 Å². The summed E-state index contributed by atoms with van der Waals surface area (Å²) >= 11 is 0. The Morgan fingerprint density at radius 3 is 2.17 bits per heavy atom. The number of likely N-dealkylation sites (N-methyl/N-ethyl adjacent to an activating group) is 1. The van der Waals surface area contributed by atoms with Crippen LogP contribution in [0.15, 0.2) is 66.7 Å². The molecule has 3 aromatic rings. The molecule has 0 fully saturated rings. The van der Waals surface area contributed by atoms with E-state index in [4.69, 9.17) is 15.2 Å². The highest BCUT2D eigenvalue weighted by molar-refractivity contribution is 5.91. The van der Waals surface area contributed by atoms with E-state index in [1.165, 1.54) is 9.80 Å². The molecule has 1 aliphatic heterocycles. The number of ether oxygens (including phenoxy) is 2. The van der Waals surface area contributed by atoms with E-state index in [9.17, 15) is 14.4 Å². The maximum Gasteiger partial charge on any atom is 0.410 e. The number of benzene rings is 3. The van der Waals surface area contributed by atoms with Gasteiger partial charge in [-0.3, -0.25) is 14.5 Å². The molecule has 2 atom stereocenters. The van der Waals surface area contributed by atoms with E-state index in [0.717, 1.165) is 39.1 Å². The number of aryl methyl sites for hydroxylation is 2. The summed E-state index contributed by atoms with van der Waals surface area (Å²) in [6.45, 7) is 9.94. The van der Waals surface area contributed by atoms with Crippen molar-refractivity contribution in [2.45, 2.75) is 78.3 Å². The van der Waals surface area contributed by atoms with Crippen LogP contribution < -0.4 is 10.5 Å². The molecule has 42 heavy (non-hydrogen) atoms. The Morgan fingerprint density at radius 2 is 1.57 bits per heavy atom. The molecule has 4 rings (SSSR count). The van der Waals surface area contributed by atoms with Crippen LogP contribution in [0.4, 0.5) is 4.79 Å². The summed E-state index contributed by atoms with van der Waals surface area (Å²) in [5.41, 5.74) is 10.9. The molecule has 3 aromatic carbocycles. The molecule has 8 nitrogen and oxygen atoms in total. The minimum absolute atomic E-state index is 0.228. The summed E-state index contributed by atoms with van der Waals surface area (Å²) in [4.78, 5) is 43.0. The third-order valence-electron chi connectivity index (χ3n) is 7.61. The van der Waals surface area contributed by atoms with Gasteiger partial charge in [-0.2, -0.15) is 0 Å². The maximum absolute atomic E-state index is 14.3. The van der Waals surface area contributed by atoms with E-state index in [-0.39, 0.29) is 18.9 Å². The van der Waals surface area contributed by atoms with E-state index >= 15 is 0 Å². The summed E-state index contributed by atoms with van der Waals surface area (Å²) in [7, 11) is 1.57. The quantitative estimate of drug-likeness (QED) is 0.405. The van der Waals surface area contributed by atoms with Crippen LogP contribution in [-0.2, 0) is 40.3 Å². The van der Waals surface area contributed by atoms with E-state index < -0.39 is 29.7 Å². The van der Waals surface area contributed by atoms with Crippen molar-refractivity contribution in [3.05, 3.63) is 100 Å². The van der Waals surface area contributed by atoms with Gasteiger partial charge in [-0.1, -0.05) is 54.6 Å². The zero-order valence-corrected chi connectivity index (χ0v) is 25.3. The van der Waals surface area contributed by atoms with Gasteiger partial charge in [-0.05, 0) is 80.1 Å². The van der Waals surface area contributed by atoms with Crippen LogP contribution in [0, 0.1) is 13.8 Å². The highest BCUT2D eigenvalue weighted by Crippen LogP contribution is 2.29. The van der Waals surface area contributed by atoms with Crippen LogP contribution in [0.25, 0.3) is 0 Å². The first-order valence-electron chi connectivity index (χ1n) is 14.2. The first-order chi connectivity index (χ1) is 19.8. The average Bonchev–Trinajstić information content (AvgIpc) is 2.94. The monoisotopic (exact) mass is 571 g/mol. The molecule has 0 saturated heterocycles. The molecule has 0 saturated carbocycles. The molecule has 0 spiro atoms. The predicted molar refractivity (Wildman–Crippen MR) is 162 cm³/mol. The zero-order chi connectivity index (χ0) is 30.6.